The first-order valence-corrected chi connectivity index (χ1v) is 9.48. The molecule has 1 aliphatic rings. The van der Waals surface area contributed by atoms with Crippen LogP contribution in [0.2, 0.25) is 0 Å². The number of piperidine rings is 1. The summed E-state index contributed by atoms with van der Waals surface area (Å²) in [7, 11) is 0. The minimum absolute atomic E-state index is 0.217. The zero-order valence-electron chi connectivity index (χ0n) is 14.5. The van der Waals surface area contributed by atoms with Crippen LogP contribution in [0.15, 0.2) is 58.3 Å². The molecular formula is C21H27NS. The SMILES string of the molecule is CC(C)(C)c1ccc(Sc2ccccc2N2CCCCC2)cc1. The van der Waals surface area contributed by atoms with Gasteiger partial charge in [-0.05, 0) is 54.5 Å². The van der Waals surface area contributed by atoms with Gasteiger partial charge in [0, 0.05) is 22.9 Å². The second-order valence-electron chi connectivity index (χ2n) is 7.39. The van der Waals surface area contributed by atoms with Gasteiger partial charge in [-0.25, -0.2) is 0 Å². The number of nitrogens with zero attached hydrogens (tertiary/aromatic N) is 1. The summed E-state index contributed by atoms with van der Waals surface area (Å²) >= 11 is 1.89. The van der Waals surface area contributed by atoms with Crippen molar-refractivity contribution in [1.82, 2.24) is 0 Å². The van der Waals surface area contributed by atoms with Crippen LogP contribution in [-0.4, -0.2) is 13.1 Å². The third-order valence-electron chi connectivity index (χ3n) is 4.51. The van der Waals surface area contributed by atoms with E-state index in [0.29, 0.717) is 0 Å². The second kappa shape index (κ2) is 7.00. The molecule has 0 radical (unpaired) electrons. The summed E-state index contributed by atoms with van der Waals surface area (Å²) in [6.07, 6.45) is 4.01. The Morgan fingerprint density at radius 3 is 2.13 bits per heavy atom. The Bertz CT molecular complexity index is 634. The minimum Gasteiger partial charge on any atom is -0.371 e. The fourth-order valence-corrected chi connectivity index (χ4v) is 4.06. The van der Waals surface area contributed by atoms with Crippen molar-refractivity contribution in [2.24, 2.45) is 0 Å². The van der Waals surface area contributed by atoms with Crippen LogP contribution in [0.4, 0.5) is 5.69 Å². The zero-order valence-corrected chi connectivity index (χ0v) is 15.3. The van der Waals surface area contributed by atoms with Crippen molar-refractivity contribution in [3.8, 4) is 0 Å². The lowest BCUT2D eigenvalue weighted by atomic mass is 9.87. The van der Waals surface area contributed by atoms with Gasteiger partial charge in [-0.1, -0.05) is 56.8 Å². The first kappa shape index (κ1) is 16.4. The van der Waals surface area contributed by atoms with E-state index in [1.807, 2.05) is 11.8 Å². The Morgan fingerprint density at radius 2 is 1.48 bits per heavy atom. The number of anilines is 1. The maximum atomic E-state index is 2.55. The quantitative estimate of drug-likeness (QED) is 0.668. The summed E-state index contributed by atoms with van der Waals surface area (Å²) in [4.78, 5) is 5.25. The molecule has 0 N–H and O–H groups in total. The summed E-state index contributed by atoms with van der Waals surface area (Å²) in [5.41, 5.74) is 3.01. The normalized spacial score (nSPS) is 15.7. The molecule has 0 atom stereocenters. The Balaban J connectivity index is 1.80. The fourth-order valence-electron chi connectivity index (χ4n) is 3.09. The predicted octanol–water partition coefficient (Wildman–Crippen LogP) is 6.13. The van der Waals surface area contributed by atoms with Crippen LogP contribution >= 0.6 is 11.8 Å². The van der Waals surface area contributed by atoms with Crippen LogP contribution in [0.5, 0.6) is 0 Å². The lowest BCUT2D eigenvalue weighted by Crippen LogP contribution is -2.29. The predicted molar refractivity (Wildman–Crippen MR) is 102 cm³/mol. The first-order valence-electron chi connectivity index (χ1n) is 8.66. The lowest BCUT2D eigenvalue weighted by Gasteiger charge is -2.30. The fraction of sp³-hybridized carbons (Fsp3) is 0.429. The van der Waals surface area contributed by atoms with Gasteiger partial charge in [-0.3, -0.25) is 0 Å². The summed E-state index contributed by atoms with van der Waals surface area (Å²) in [5.74, 6) is 0. The van der Waals surface area contributed by atoms with Crippen molar-refractivity contribution in [1.29, 1.82) is 0 Å². The van der Waals surface area contributed by atoms with E-state index in [-0.39, 0.29) is 5.41 Å². The van der Waals surface area contributed by atoms with Gasteiger partial charge in [-0.2, -0.15) is 0 Å². The average molecular weight is 326 g/mol. The summed E-state index contributed by atoms with van der Waals surface area (Å²) in [6.45, 7) is 9.18. The summed E-state index contributed by atoms with van der Waals surface area (Å²) in [6, 6.07) is 17.9. The molecule has 1 nitrogen and oxygen atoms in total. The third kappa shape index (κ3) is 4.11. The molecule has 23 heavy (non-hydrogen) atoms. The van der Waals surface area contributed by atoms with Crippen molar-refractivity contribution in [2.45, 2.75) is 55.2 Å². The third-order valence-corrected chi connectivity index (χ3v) is 5.58. The van der Waals surface area contributed by atoms with Crippen molar-refractivity contribution in [2.75, 3.05) is 18.0 Å². The van der Waals surface area contributed by atoms with E-state index in [0.717, 1.165) is 0 Å². The smallest absolute Gasteiger partial charge is 0.0508 e. The minimum atomic E-state index is 0.217. The number of benzene rings is 2. The highest BCUT2D eigenvalue weighted by molar-refractivity contribution is 7.99. The van der Waals surface area contributed by atoms with Gasteiger partial charge < -0.3 is 4.90 Å². The van der Waals surface area contributed by atoms with Crippen LogP contribution in [0.3, 0.4) is 0 Å². The summed E-state index contributed by atoms with van der Waals surface area (Å²) in [5, 5.41) is 0. The maximum Gasteiger partial charge on any atom is 0.0508 e. The summed E-state index contributed by atoms with van der Waals surface area (Å²) < 4.78 is 0. The van der Waals surface area contributed by atoms with Gasteiger partial charge in [-0.15, -0.1) is 0 Å². The number of para-hydroxylation sites is 1. The second-order valence-corrected chi connectivity index (χ2v) is 8.51. The molecule has 0 bridgehead atoms. The zero-order chi connectivity index (χ0) is 16.3. The van der Waals surface area contributed by atoms with Gasteiger partial charge in [0.25, 0.3) is 0 Å². The average Bonchev–Trinajstić information content (AvgIpc) is 2.56. The van der Waals surface area contributed by atoms with Crippen LogP contribution < -0.4 is 4.90 Å². The van der Waals surface area contributed by atoms with Crippen LogP contribution in [-0.2, 0) is 5.41 Å². The standard InChI is InChI=1S/C21H27NS/c1-21(2,3)17-11-13-18(14-12-17)23-20-10-6-5-9-19(20)22-15-7-4-8-16-22/h5-6,9-14H,4,7-8,15-16H2,1-3H3. The largest absolute Gasteiger partial charge is 0.371 e. The van der Waals surface area contributed by atoms with Gasteiger partial charge in [0.05, 0.1) is 5.69 Å². The highest BCUT2D eigenvalue weighted by Gasteiger charge is 2.16. The van der Waals surface area contributed by atoms with E-state index in [2.05, 4.69) is 74.2 Å². The molecule has 0 amide bonds. The molecule has 0 saturated carbocycles. The molecule has 1 saturated heterocycles. The van der Waals surface area contributed by atoms with Gasteiger partial charge in [0.15, 0.2) is 0 Å². The molecule has 2 heteroatoms. The molecule has 0 unspecified atom stereocenters. The van der Waals surface area contributed by atoms with Crippen molar-refractivity contribution in [3.63, 3.8) is 0 Å². The lowest BCUT2D eigenvalue weighted by molar-refractivity contribution is 0.575. The molecule has 3 rings (SSSR count). The van der Waals surface area contributed by atoms with Gasteiger partial charge in [0.1, 0.15) is 0 Å². The maximum absolute atomic E-state index is 2.55. The van der Waals surface area contributed by atoms with E-state index in [1.165, 1.54) is 53.4 Å². The highest BCUT2D eigenvalue weighted by Crippen LogP contribution is 2.37. The molecule has 1 aliphatic heterocycles. The highest BCUT2D eigenvalue weighted by atomic mass is 32.2. The van der Waals surface area contributed by atoms with Crippen LogP contribution in [0.25, 0.3) is 0 Å². The van der Waals surface area contributed by atoms with E-state index >= 15 is 0 Å². The molecular weight excluding hydrogens is 298 g/mol. The van der Waals surface area contributed by atoms with Crippen molar-refractivity contribution < 1.29 is 0 Å². The van der Waals surface area contributed by atoms with E-state index in [9.17, 15) is 0 Å². The molecule has 122 valence electrons. The number of rotatable bonds is 3. The van der Waals surface area contributed by atoms with Crippen molar-refractivity contribution in [3.05, 3.63) is 54.1 Å². The van der Waals surface area contributed by atoms with Gasteiger partial charge in [0.2, 0.25) is 0 Å². The molecule has 2 aromatic rings. The molecule has 0 aliphatic carbocycles. The Morgan fingerprint density at radius 1 is 0.826 bits per heavy atom. The van der Waals surface area contributed by atoms with E-state index < -0.39 is 0 Å². The topological polar surface area (TPSA) is 3.24 Å². The molecule has 1 heterocycles. The van der Waals surface area contributed by atoms with Gasteiger partial charge >= 0.3 is 0 Å². The molecule has 0 aromatic heterocycles. The Kier molecular flexibility index (Phi) is 5.01. The monoisotopic (exact) mass is 325 g/mol. The van der Waals surface area contributed by atoms with Crippen LogP contribution in [0.1, 0.15) is 45.6 Å². The van der Waals surface area contributed by atoms with Crippen LogP contribution in [0, 0.1) is 0 Å². The first-order chi connectivity index (χ1) is 11.0. The molecule has 1 fully saturated rings. The number of hydrogen-bond donors (Lipinski definition) is 0. The van der Waals surface area contributed by atoms with Crippen molar-refractivity contribution >= 4 is 17.4 Å². The Labute approximate surface area is 145 Å². The molecule has 2 aromatic carbocycles. The van der Waals surface area contributed by atoms with E-state index in [4.69, 9.17) is 0 Å². The molecule has 0 spiro atoms. The Hall–Kier alpha value is -1.41. The number of hydrogen-bond acceptors (Lipinski definition) is 2. The van der Waals surface area contributed by atoms with E-state index in [1.54, 1.807) is 0 Å².